The average molecular weight is 387 g/mol. The molecule has 138 valence electrons. The molecule has 1 atom stereocenters. The first-order valence-corrected chi connectivity index (χ1v) is 7.75. The van der Waals surface area contributed by atoms with Crippen molar-refractivity contribution in [3.05, 3.63) is 65.2 Å². The van der Waals surface area contributed by atoms with Crippen LogP contribution in [0.4, 0.5) is 13.2 Å². The van der Waals surface area contributed by atoms with Crippen molar-refractivity contribution in [1.82, 2.24) is 0 Å². The summed E-state index contributed by atoms with van der Waals surface area (Å²) in [7, 11) is 0. The van der Waals surface area contributed by atoms with Crippen molar-refractivity contribution in [2.45, 2.75) is 19.2 Å². The fourth-order valence-electron chi connectivity index (χ4n) is 1.94. The summed E-state index contributed by atoms with van der Waals surface area (Å²) in [4.78, 5) is 10.4. The van der Waals surface area contributed by atoms with Gasteiger partial charge < -0.3 is 14.6 Å². The smallest absolute Gasteiger partial charge is 0.416 e. The number of ether oxygens (including phenoxy) is 2. The van der Waals surface area contributed by atoms with Crippen LogP contribution < -0.4 is 9.47 Å². The highest BCUT2D eigenvalue weighted by Gasteiger charge is 2.31. The third-order valence-electron chi connectivity index (χ3n) is 3.14. The number of hydrogen-bond acceptors (Lipinski definition) is 3. The second kappa shape index (κ2) is 8.14. The molecule has 0 fully saturated rings. The van der Waals surface area contributed by atoms with Gasteiger partial charge in [-0.05, 0) is 55.5 Å². The van der Waals surface area contributed by atoms with Crippen molar-refractivity contribution in [3.8, 4) is 17.2 Å². The highest BCUT2D eigenvalue weighted by Crippen LogP contribution is 2.36. The largest absolute Gasteiger partial charge is 0.487 e. The summed E-state index contributed by atoms with van der Waals surface area (Å²) in [5, 5.41) is 8.40. The van der Waals surface area contributed by atoms with Crippen LogP contribution in [-0.4, -0.2) is 17.2 Å². The van der Waals surface area contributed by atoms with Gasteiger partial charge >= 0.3 is 12.1 Å². The van der Waals surface area contributed by atoms with Crippen LogP contribution in [0, 0.1) is 0 Å². The molecule has 26 heavy (non-hydrogen) atoms. The molecule has 0 bridgehead atoms. The van der Waals surface area contributed by atoms with Gasteiger partial charge in [-0.15, -0.1) is 0 Å². The maximum Gasteiger partial charge on any atom is 0.416 e. The van der Waals surface area contributed by atoms with E-state index in [9.17, 15) is 18.0 Å². The quantitative estimate of drug-likeness (QED) is 0.660. The first-order valence-electron chi connectivity index (χ1n) is 7.37. The number of rotatable bonds is 6. The average Bonchev–Trinajstić information content (AvgIpc) is 2.55. The van der Waals surface area contributed by atoms with Crippen molar-refractivity contribution < 1.29 is 32.5 Å². The Balaban J connectivity index is 2.04. The van der Waals surface area contributed by atoms with Crippen LogP contribution in [0.1, 0.15) is 12.5 Å². The predicted molar refractivity (Wildman–Crippen MR) is 89.8 cm³/mol. The third kappa shape index (κ3) is 5.70. The molecule has 0 saturated carbocycles. The minimum absolute atomic E-state index is 0.0890. The van der Waals surface area contributed by atoms with E-state index < -0.39 is 23.8 Å². The van der Waals surface area contributed by atoms with Gasteiger partial charge in [0.2, 0.25) is 0 Å². The molecule has 0 aliphatic rings. The lowest BCUT2D eigenvalue weighted by Gasteiger charge is -2.13. The van der Waals surface area contributed by atoms with Gasteiger partial charge in [0.15, 0.2) is 0 Å². The molecule has 0 heterocycles. The van der Waals surface area contributed by atoms with Gasteiger partial charge in [0.1, 0.15) is 23.4 Å². The number of carboxylic acid groups (broad SMARTS) is 1. The molecule has 2 aromatic carbocycles. The highest BCUT2D eigenvalue weighted by atomic mass is 35.5. The second-order valence-corrected chi connectivity index (χ2v) is 5.64. The van der Waals surface area contributed by atoms with E-state index in [-0.39, 0.29) is 10.8 Å². The van der Waals surface area contributed by atoms with Crippen molar-refractivity contribution in [2.24, 2.45) is 0 Å². The normalized spacial score (nSPS) is 12.8. The number of benzene rings is 2. The summed E-state index contributed by atoms with van der Waals surface area (Å²) in [6.07, 6.45) is -2.57. The standard InChI is InChI=1S/C18H14ClF3O4/c1-11(2-9-17(23)24)25-13-4-6-14(7-5-13)26-16-8-3-12(10-15(16)19)18(20,21)22/h2-11H,1H3,(H,23,24). The van der Waals surface area contributed by atoms with Crippen molar-refractivity contribution >= 4 is 17.6 Å². The molecule has 2 rings (SSSR count). The van der Waals surface area contributed by atoms with Crippen LogP contribution in [0.3, 0.4) is 0 Å². The van der Waals surface area contributed by atoms with Crippen LogP contribution in [0.2, 0.25) is 5.02 Å². The minimum atomic E-state index is -4.48. The molecule has 8 heteroatoms. The number of halogens is 4. The van der Waals surface area contributed by atoms with Crippen LogP contribution in [0.5, 0.6) is 17.2 Å². The lowest BCUT2D eigenvalue weighted by molar-refractivity contribution is -0.137. The Morgan fingerprint density at radius 3 is 2.31 bits per heavy atom. The zero-order chi connectivity index (χ0) is 19.3. The molecule has 0 aromatic heterocycles. The van der Waals surface area contributed by atoms with Crippen molar-refractivity contribution in [3.63, 3.8) is 0 Å². The van der Waals surface area contributed by atoms with Gasteiger partial charge in [0, 0.05) is 6.08 Å². The maximum atomic E-state index is 12.6. The molecule has 4 nitrogen and oxygen atoms in total. The summed E-state index contributed by atoms with van der Waals surface area (Å²) >= 11 is 5.84. The molecule has 0 radical (unpaired) electrons. The molecule has 2 aromatic rings. The Hall–Kier alpha value is -2.67. The van der Waals surface area contributed by atoms with E-state index in [1.54, 1.807) is 31.2 Å². The Labute approximate surface area is 152 Å². The topological polar surface area (TPSA) is 55.8 Å². The lowest BCUT2D eigenvalue weighted by atomic mass is 10.2. The molecule has 0 spiro atoms. The van der Waals surface area contributed by atoms with Crippen LogP contribution in [-0.2, 0) is 11.0 Å². The maximum absolute atomic E-state index is 12.6. The number of carbonyl (C=O) groups is 1. The predicted octanol–water partition coefficient (Wildman–Crippen LogP) is 5.56. The Morgan fingerprint density at radius 1 is 1.15 bits per heavy atom. The zero-order valence-electron chi connectivity index (χ0n) is 13.5. The monoisotopic (exact) mass is 386 g/mol. The fraction of sp³-hybridized carbons (Fsp3) is 0.167. The number of carboxylic acids is 1. The van der Waals surface area contributed by atoms with E-state index in [0.717, 1.165) is 24.3 Å². The van der Waals surface area contributed by atoms with Crippen molar-refractivity contribution in [2.75, 3.05) is 0 Å². The molecular weight excluding hydrogens is 373 g/mol. The highest BCUT2D eigenvalue weighted by molar-refractivity contribution is 6.32. The lowest BCUT2D eigenvalue weighted by Crippen LogP contribution is -2.08. The number of aliphatic carboxylic acids is 1. The number of alkyl halides is 3. The SMILES string of the molecule is CC(C=CC(=O)O)Oc1ccc(Oc2ccc(C(F)(F)F)cc2Cl)cc1. The first kappa shape index (κ1) is 19.7. The van der Waals surface area contributed by atoms with Crippen LogP contribution in [0.15, 0.2) is 54.6 Å². The summed E-state index contributed by atoms with van der Waals surface area (Å²) < 4.78 is 48.8. The summed E-state index contributed by atoms with van der Waals surface area (Å²) in [5.74, 6) is -0.158. The molecule has 0 aliphatic heterocycles. The van der Waals surface area contributed by atoms with E-state index in [1.165, 1.54) is 6.08 Å². The van der Waals surface area contributed by atoms with Gasteiger partial charge in [0.25, 0.3) is 0 Å². The van der Waals surface area contributed by atoms with E-state index in [2.05, 4.69) is 0 Å². The zero-order valence-corrected chi connectivity index (χ0v) is 14.2. The van der Waals surface area contributed by atoms with Crippen LogP contribution >= 0.6 is 11.6 Å². The Kier molecular flexibility index (Phi) is 6.15. The molecule has 0 saturated heterocycles. The van der Waals surface area contributed by atoms with Gasteiger partial charge in [-0.25, -0.2) is 4.79 Å². The summed E-state index contributed by atoms with van der Waals surface area (Å²) in [6, 6.07) is 9.10. The van der Waals surface area contributed by atoms with Gasteiger partial charge in [-0.3, -0.25) is 0 Å². The first-order chi connectivity index (χ1) is 12.1. The van der Waals surface area contributed by atoms with E-state index in [0.29, 0.717) is 11.5 Å². The van der Waals surface area contributed by atoms with Crippen LogP contribution in [0.25, 0.3) is 0 Å². The minimum Gasteiger partial charge on any atom is -0.487 e. The van der Waals surface area contributed by atoms with Gasteiger partial charge in [-0.1, -0.05) is 11.6 Å². The fourth-order valence-corrected chi connectivity index (χ4v) is 2.16. The van der Waals surface area contributed by atoms with Gasteiger partial charge in [-0.2, -0.15) is 13.2 Å². The molecular formula is C18H14ClF3O4. The third-order valence-corrected chi connectivity index (χ3v) is 3.44. The Morgan fingerprint density at radius 2 is 1.77 bits per heavy atom. The molecule has 0 aliphatic carbocycles. The molecule has 1 N–H and O–H groups in total. The van der Waals surface area contributed by atoms with Crippen molar-refractivity contribution in [1.29, 1.82) is 0 Å². The summed E-state index contributed by atoms with van der Waals surface area (Å²) in [5.41, 5.74) is -0.859. The molecule has 0 amide bonds. The van der Waals surface area contributed by atoms with E-state index in [1.807, 2.05) is 0 Å². The van der Waals surface area contributed by atoms with Gasteiger partial charge in [0.05, 0.1) is 10.6 Å². The van der Waals surface area contributed by atoms with E-state index >= 15 is 0 Å². The number of hydrogen-bond donors (Lipinski definition) is 1. The molecule has 1 unspecified atom stereocenters. The van der Waals surface area contributed by atoms with E-state index in [4.69, 9.17) is 26.2 Å². The Bertz CT molecular complexity index is 801. The second-order valence-electron chi connectivity index (χ2n) is 5.24. The summed E-state index contributed by atoms with van der Waals surface area (Å²) in [6.45, 7) is 1.67.